The van der Waals surface area contributed by atoms with Gasteiger partial charge in [0.15, 0.2) is 0 Å². The molecule has 1 aromatic carbocycles. The molecule has 1 rings (SSSR count). The van der Waals surface area contributed by atoms with Gasteiger partial charge in [-0.05, 0) is 44.0 Å². The van der Waals surface area contributed by atoms with Crippen molar-refractivity contribution >= 4 is 5.97 Å². The summed E-state index contributed by atoms with van der Waals surface area (Å²) in [6, 6.07) is 7.30. The minimum atomic E-state index is -0.353. The summed E-state index contributed by atoms with van der Waals surface area (Å²) < 4.78 is 10.4. The van der Waals surface area contributed by atoms with Gasteiger partial charge in [-0.2, -0.15) is 5.26 Å². The lowest BCUT2D eigenvalue weighted by Crippen LogP contribution is -2.08. The largest absolute Gasteiger partial charge is 0.494 e. The summed E-state index contributed by atoms with van der Waals surface area (Å²) in [7, 11) is 0. The van der Waals surface area contributed by atoms with Crippen LogP contribution in [0, 0.1) is 11.3 Å². The van der Waals surface area contributed by atoms with Crippen molar-refractivity contribution in [2.45, 2.75) is 26.7 Å². The van der Waals surface area contributed by atoms with Crippen LogP contribution < -0.4 is 4.74 Å². The van der Waals surface area contributed by atoms with E-state index >= 15 is 0 Å². The van der Waals surface area contributed by atoms with Crippen LogP contribution in [0.15, 0.2) is 18.2 Å². The standard InChI is InChI=1S/C14H17NO3/c1-3-17-12-7-8-13(14(16)18-4-2)11(10-12)6-5-9-15/h7-8,10H,3-6H2,1-2H3. The number of carbonyl (C=O) groups excluding carboxylic acids is 1. The molecule has 0 radical (unpaired) electrons. The Morgan fingerprint density at radius 3 is 2.72 bits per heavy atom. The van der Waals surface area contributed by atoms with Gasteiger partial charge in [-0.1, -0.05) is 0 Å². The number of nitrogens with zero attached hydrogens (tertiary/aromatic N) is 1. The normalized spacial score (nSPS) is 9.61. The quantitative estimate of drug-likeness (QED) is 0.725. The molecule has 96 valence electrons. The Balaban J connectivity index is 3.00. The van der Waals surface area contributed by atoms with E-state index in [1.165, 1.54) is 0 Å². The van der Waals surface area contributed by atoms with Gasteiger partial charge >= 0.3 is 5.97 Å². The molecule has 0 aliphatic rings. The van der Waals surface area contributed by atoms with Gasteiger partial charge in [0, 0.05) is 6.42 Å². The van der Waals surface area contributed by atoms with Crippen LogP contribution in [0.2, 0.25) is 0 Å². The van der Waals surface area contributed by atoms with E-state index in [0.29, 0.717) is 37.4 Å². The number of rotatable bonds is 6. The van der Waals surface area contributed by atoms with Crippen LogP contribution in [0.3, 0.4) is 0 Å². The molecule has 0 aromatic heterocycles. The Hall–Kier alpha value is -2.02. The molecule has 0 unspecified atom stereocenters. The first-order valence-corrected chi connectivity index (χ1v) is 6.02. The molecule has 0 bridgehead atoms. The maximum Gasteiger partial charge on any atom is 0.338 e. The summed E-state index contributed by atoms with van der Waals surface area (Å²) >= 11 is 0. The molecule has 0 aliphatic carbocycles. The Bertz CT molecular complexity index is 449. The summed E-state index contributed by atoms with van der Waals surface area (Å²) in [6.07, 6.45) is 0.882. The van der Waals surface area contributed by atoms with Gasteiger partial charge in [0.1, 0.15) is 5.75 Å². The SMILES string of the molecule is CCOC(=O)c1ccc(OCC)cc1CCC#N. The van der Waals surface area contributed by atoms with Crippen LogP contribution in [0.25, 0.3) is 0 Å². The number of benzene rings is 1. The highest BCUT2D eigenvalue weighted by Crippen LogP contribution is 2.20. The zero-order valence-electron chi connectivity index (χ0n) is 10.7. The minimum Gasteiger partial charge on any atom is -0.494 e. The highest BCUT2D eigenvalue weighted by Gasteiger charge is 2.13. The van der Waals surface area contributed by atoms with Gasteiger partial charge < -0.3 is 9.47 Å². The molecule has 18 heavy (non-hydrogen) atoms. The van der Waals surface area contributed by atoms with Crippen molar-refractivity contribution in [3.05, 3.63) is 29.3 Å². The van der Waals surface area contributed by atoms with E-state index in [2.05, 4.69) is 6.07 Å². The van der Waals surface area contributed by atoms with Crippen LogP contribution in [0.5, 0.6) is 5.75 Å². The van der Waals surface area contributed by atoms with E-state index in [0.717, 1.165) is 5.56 Å². The maximum atomic E-state index is 11.8. The molecule has 4 heteroatoms. The molecule has 0 amide bonds. The van der Waals surface area contributed by atoms with Gasteiger partial charge in [0.2, 0.25) is 0 Å². The average molecular weight is 247 g/mol. The maximum absolute atomic E-state index is 11.8. The lowest BCUT2D eigenvalue weighted by atomic mass is 10.0. The Morgan fingerprint density at radius 1 is 1.33 bits per heavy atom. The van der Waals surface area contributed by atoms with Crippen LogP contribution >= 0.6 is 0 Å². The topological polar surface area (TPSA) is 59.3 Å². The summed E-state index contributed by atoms with van der Waals surface area (Å²) in [6.45, 7) is 4.57. The van der Waals surface area contributed by atoms with Gasteiger partial charge in [0.25, 0.3) is 0 Å². The minimum absolute atomic E-state index is 0.337. The zero-order chi connectivity index (χ0) is 13.4. The lowest BCUT2D eigenvalue weighted by molar-refractivity contribution is 0.0525. The number of ether oxygens (including phenoxy) is 2. The average Bonchev–Trinajstić information content (AvgIpc) is 2.37. The molecule has 0 heterocycles. The number of aryl methyl sites for hydroxylation is 1. The summed E-state index contributed by atoms with van der Waals surface area (Å²) in [4.78, 5) is 11.8. The van der Waals surface area contributed by atoms with Crippen molar-refractivity contribution in [1.29, 1.82) is 5.26 Å². The molecule has 1 aromatic rings. The fourth-order valence-electron chi connectivity index (χ4n) is 1.63. The number of hydrogen-bond donors (Lipinski definition) is 0. The molecule has 0 spiro atoms. The van der Waals surface area contributed by atoms with E-state index in [1.54, 1.807) is 25.1 Å². The third kappa shape index (κ3) is 3.77. The molecule has 0 saturated heterocycles. The Morgan fingerprint density at radius 2 is 2.11 bits per heavy atom. The van der Waals surface area contributed by atoms with E-state index in [-0.39, 0.29) is 5.97 Å². The molecule has 4 nitrogen and oxygen atoms in total. The van der Waals surface area contributed by atoms with E-state index in [1.807, 2.05) is 6.92 Å². The van der Waals surface area contributed by atoms with Crippen LogP contribution in [-0.2, 0) is 11.2 Å². The monoisotopic (exact) mass is 247 g/mol. The summed E-state index contributed by atoms with van der Waals surface area (Å²) in [5.74, 6) is 0.354. The highest BCUT2D eigenvalue weighted by atomic mass is 16.5. The lowest BCUT2D eigenvalue weighted by Gasteiger charge is -2.10. The third-order valence-corrected chi connectivity index (χ3v) is 2.39. The van der Waals surface area contributed by atoms with Crippen LogP contribution in [0.4, 0.5) is 0 Å². The number of hydrogen-bond acceptors (Lipinski definition) is 4. The second kappa shape index (κ2) is 7.33. The highest BCUT2D eigenvalue weighted by molar-refractivity contribution is 5.91. The van der Waals surface area contributed by atoms with Crippen molar-refractivity contribution in [2.75, 3.05) is 13.2 Å². The van der Waals surface area contributed by atoms with E-state index in [4.69, 9.17) is 14.7 Å². The zero-order valence-corrected chi connectivity index (χ0v) is 10.7. The van der Waals surface area contributed by atoms with Gasteiger partial charge in [0.05, 0.1) is 24.8 Å². The molecule has 0 aliphatic heterocycles. The predicted molar refractivity (Wildman–Crippen MR) is 67.5 cm³/mol. The first kappa shape index (κ1) is 14.0. The first-order chi connectivity index (χ1) is 8.72. The van der Waals surface area contributed by atoms with Crippen molar-refractivity contribution < 1.29 is 14.3 Å². The van der Waals surface area contributed by atoms with E-state index < -0.39 is 0 Å². The van der Waals surface area contributed by atoms with Crippen molar-refractivity contribution in [1.82, 2.24) is 0 Å². The second-order valence-corrected chi connectivity index (χ2v) is 3.63. The van der Waals surface area contributed by atoms with Crippen molar-refractivity contribution in [2.24, 2.45) is 0 Å². The molecule has 0 saturated carbocycles. The molecular formula is C14H17NO3. The van der Waals surface area contributed by atoms with Crippen LogP contribution in [-0.4, -0.2) is 19.2 Å². The fourth-order valence-corrected chi connectivity index (χ4v) is 1.63. The van der Waals surface area contributed by atoms with Gasteiger partial charge in [-0.25, -0.2) is 4.79 Å². The van der Waals surface area contributed by atoms with Gasteiger partial charge in [-0.15, -0.1) is 0 Å². The Labute approximate surface area is 107 Å². The molecule has 0 atom stereocenters. The smallest absolute Gasteiger partial charge is 0.338 e. The predicted octanol–water partition coefficient (Wildman–Crippen LogP) is 2.72. The first-order valence-electron chi connectivity index (χ1n) is 6.02. The summed E-state index contributed by atoms with van der Waals surface area (Å²) in [5.41, 5.74) is 1.30. The van der Waals surface area contributed by atoms with Gasteiger partial charge in [-0.3, -0.25) is 0 Å². The second-order valence-electron chi connectivity index (χ2n) is 3.63. The Kier molecular flexibility index (Phi) is 5.72. The van der Waals surface area contributed by atoms with Crippen molar-refractivity contribution in [3.63, 3.8) is 0 Å². The van der Waals surface area contributed by atoms with Crippen molar-refractivity contribution in [3.8, 4) is 11.8 Å². The third-order valence-electron chi connectivity index (χ3n) is 2.39. The fraction of sp³-hybridized carbons (Fsp3) is 0.429. The summed E-state index contributed by atoms with van der Waals surface area (Å²) in [5, 5.41) is 8.64. The number of carbonyl (C=O) groups is 1. The molecular weight excluding hydrogens is 230 g/mol. The van der Waals surface area contributed by atoms with E-state index in [9.17, 15) is 4.79 Å². The number of nitriles is 1. The molecule has 0 fully saturated rings. The molecule has 0 N–H and O–H groups in total. The van der Waals surface area contributed by atoms with Crippen LogP contribution in [0.1, 0.15) is 36.2 Å². The number of esters is 1.